The van der Waals surface area contributed by atoms with Crippen LogP contribution in [0, 0.1) is 0 Å². The van der Waals surface area contributed by atoms with E-state index < -0.39 is 46.0 Å². The van der Waals surface area contributed by atoms with Crippen molar-refractivity contribution in [3.8, 4) is 5.13 Å². The number of nitrogens with zero attached hydrogens (tertiary/aromatic N) is 8. The molecule has 2 amide bonds. The molecule has 2 saturated heterocycles. The molecule has 2 aliphatic rings. The van der Waals surface area contributed by atoms with E-state index in [9.17, 15) is 30.8 Å². The van der Waals surface area contributed by atoms with Crippen LogP contribution in [0.4, 0.5) is 28.0 Å². The van der Waals surface area contributed by atoms with Gasteiger partial charge in [-0.1, -0.05) is 11.3 Å². The van der Waals surface area contributed by atoms with Crippen molar-refractivity contribution in [3.05, 3.63) is 23.3 Å². The maximum absolute atomic E-state index is 13.6. The first-order valence-corrected chi connectivity index (χ1v) is 14.9. The molecule has 0 bridgehead atoms. The molecule has 5 rings (SSSR count). The van der Waals surface area contributed by atoms with Crippen molar-refractivity contribution in [2.75, 3.05) is 64.4 Å². The molecule has 1 N–H and O–H groups in total. The maximum atomic E-state index is 13.6. The summed E-state index contributed by atoms with van der Waals surface area (Å²) in [7, 11) is -2.87. The van der Waals surface area contributed by atoms with Crippen LogP contribution in [0.15, 0.2) is 28.2 Å². The molecule has 0 atom stereocenters. The van der Waals surface area contributed by atoms with Crippen molar-refractivity contribution in [2.45, 2.75) is 23.3 Å². The van der Waals surface area contributed by atoms with Gasteiger partial charge >= 0.3 is 6.03 Å². The summed E-state index contributed by atoms with van der Waals surface area (Å²) < 4.78 is 88.4. The predicted molar refractivity (Wildman–Crippen MR) is 146 cm³/mol. The number of alkyl halides is 4. The number of halogens is 4. The quantitative estimate of drug-likeness (QED) is 0.265. The average Bonchev–Trinajstić information content (AvgIpc) is 3.58. The molecule has 0 spiro atoms. The molecule has 19 heteroatoms. The van der Waals surface area contributed by atoms with Crippen LogP contribution in [-0.4, -0.2) is 122 Å². The number of anilines is 1. The Bertz CT molecular complexity index is 1570. The van der Waals surface area contributed by atoms with Crippen molar-refractivity contribution in [1.29, 1.82) is 0 Å². The molecule has 2 aliphatic heterocycles. The molecule has 13 nitrogen and oxygen atoms in total. The number of aromatic nitrogens is 4. The second kappa shape index (κ2) is 11.7. The van der Waals surface area contributed by atoms with Gasteiger partial charge in [-0.25, -0.2) is 35.5 Å². The number of fused-ring (bicyclic) bond motifs is 1. The molecule has 3 aromatic rings. The number of hydrogen-bond donors (Lipinski definition) is 1. The minimum absolute atomic E-state index is 0.0194. The maximum Gasteiger partial charge on any atom is 0.320 e. The van der Waals surface area contributed by atoms with Gasteiger partial charge in [0.1, 0.15) is 0 Å². The number of hydrogen-bond acceptors (Lipinski definition) is 10. The van der Waals surface area contributed by atoms with Crippen molar-refractivity contribution in [1.82, 2.24) is 34.5 Å². The second-order valence-corrected chi connectivity index (χ2v) is 12.6. The van der Waals surface area contributed by atoms with E-state index in [2.05, 4.69) is 31.7 Å². The second-order valence-electron chi connectivity index (χ2n) is 9.94. The Morgan fingerprint density at radius 1 is 1.21 bits per heavy atom. The molecule has 228 valence electrons. The molecule has 0 radical (unpaired) electrons. The SMILES string of the molecule is C=NCC1(NS(=O)(=O)c2cc(N3CCN(C(=O)N(C)CC(F)F)CC3)c3cnn(-c4nnc(C(F)F)s4)c3c2)COC1. The Hall–Kier alpha value is -3.42. The first kappa shape index (κ1) is 30.1. The largest absolute Gasteiger partial charge is 0.377 e. The van der Waals surface area contributed by atoms with Crippen molar-refractivity contribution < 1.29 is 35.5 Å². The van der Waals surface area contributed by atoms with Gasteiger partial charge in [0, 0.05) is 44.3 Å². The molecule has 1 aromatic carbocycles. The van der Waals surface area contributed by atoms with E-state index >= 15 is 0 Å². The van der Waals surface area contributed by atoms with Crippen LogP contribution in [-0.2, 0) is 14.8 Å². The third-order valence-electron chi connectivity index (χ3n) is 6.90. The summed E-state index contributed by atoms with van der Waals surface area (Å²) in [5.41, 5.74) is -0.218. The van der Waals surface area contributed by atoms with Crippen molar-refractivity contribution in [2.24, 2.45) is 4.99 Å². The first-order chi connectivity index (χ1) is 19.9. The minimum atomic E-state index is -4.17. The molecule has 42 heavy (non-hydrogen) atoms. The average molecular weight is 634 g/mol. The van der Waals surface area contributed by atoms with Crippen molar-refractivity contribution in [3.63, 3.8) is 0 Å². The van der Waals surface area contributed by atoms with Crippen LogP contribution in [0.5, 0.6) is 0 Å². The van der Waals surface area contributed by atoms with Gasteiger partial charge in [-0.15, -0.1) is 10.2 Å². The van der Waals surface area contributed by atoms with E-state index in [0.717, 1.165) is 4.90 Å². The van der Waals surface area contributed by atoms with Crippen LogP contribution < -0.4 is 9.62 Å². The van der Waals surface area contributed by atoms with Crippen LogP contribution in [0.1, 0.15) is 11.4 Å². The number of piperazine rings is 1. The Balaban J connectivity index is 1.51. The number of amides is 2. The molecule has 2 aromatic heterocycles. The topological polar surface area (TPSA) is 138 Å². The number of carbonyl (C=O) groups excluding carboxylic acids is 1. The van der Waals surface area contributed by atoms with Gasteiger partial charge in [0.15, 0.2) is 5.01 Å². The molecule has 0 aliphatic carbocycles. The standard InChI is InChI=1S/C23H27F4N9O4S2/c1-28-11-23(12-40-13-23)32-42(38,39)14-7-16(34-3-5-35(6-4-34)22(37)33(2)10-18(24)25)15-9-29-36(17(15)8-14)21-31-30-20(41-21)19(26)27/h7-9,18-19,32H,1,3-6,10-13H2,2H3. The molecular weight excluding hydrogens is 606 g/mol. The molecule has 2 fully saturated rings. The monoisotopic (exact) mass is 633 g/mol. The lowest BCUT2D eigenvalue weighted by molar-refractivity contribution is -0.0569. The number of ether oxygens (including phenoxy) is 1. The molecule has 0 unspecified atom stereocenters. The highest BCUT2D eigenvalue weighted by Crippen LogP contribution is 2.35. The van der Waals surface area contributed by atoms with E-state index in [0.29, 0.717) is 22.4 Å². The third kappa shape index (κ3) is 5.90. The van der Waals surface area contributed by atoms with Gasteiger partial charge in [0.25, 0.3) is 12.9 Å². The van der Waals surface area contributed by atoms with Gasteiger partial charge in [0.05, 0.1) is 48.5 Å². The van der Waals surface area contributed by atoms with Gasteiger partial charge < -0.3 is 19.4 Å². The summed E-state index contributed by atoms with van der Waals surface area (Å²) in [6.07, 6.45) is -4.04. The number of rotatable bonds is 10. The number of benzene rings is 1. The van der Waals surface area contributed by atoms with Crippen LogP contribution in [0.2, 0.25) is 0 Å². The van der Waals surface area contributed by atoms with Gasteiger partial charge in [0.2, 0.25) is 15.2 Å². The van der Waals surface area contributed by atoms with E-state index in [-0.39, 0.29) is 61.5 Å². The normalized spacial score (nSPS) is 17.2. The van der Waals surface area contributed by atoms with E-state index in [1.807, 2.05) is 4.90 Å². The summed E-state index contributed by atoms with van der Waals surface area (Å²) in [5, 5.41) is 11.6. The molecule has 4 heterocycles. The van der Waals surface area contributed by atoms with Gasteiger partial charge in [-0.3, -0.25) is 4.99 Å². The lowest BCUT2D eigenvalue weighted by Gasteiger charge is -2.40. The fourth-order valence-electron chi connectivity index (χ4n) is 4.81. The first-order valence-electron chi connectivity index (χ1n) is 12.6. The predicted octanol–water partition coefficient (Wildman–Crippen LogP) is 2.00. The summed E-state index contributed by atoms with van der Waals surface area (Å²) >= 11 is 0.619. The zero-order valence-electron chi connectivity index (χ0n) is 22.3. The molecular formula is C23H27F4N9O4S2. The highest BCUT2D eigenvalue weighted by atomic mass is 32.2. The lowest BCUT2D eigenvalue weighted by atomic mass is 10.00. The van der Waals surface area contributed by atoms with Crippen LogP contribution >= 0.6 is 11.3 Å². The third-order valence-corrected chi connectivity index (χ3v) is 9.36. The van der Waals surface area contributed by atoms with Crippen molar-refractivity contribution >= 4 is 50.7 Å². The Morgan fingerprint density at radius 2 is 1.93 bits per heavy atom. The smallest absolute Gasteiger partial charge is 0.320 e. The van der Waals surface area contributed by atoms with Crippen LogP contribution in [0.25, 0.3) is 16.0 Å². The highest BCUT2D eigenvalue weighted by molar-refractivity contribution is 7.89. The van der Waals surface area contributed by atoms with Crippen LogP contribution in [0.3, 0.4) is 0 Å². The fraction of sp³-hybridized carbons (Fsp3) is 0.522. The number of sulfonamides is 1. The summed E-state index contributed by atoms with van der Waals surface area (Å²) in [6, 6.07) is 2.30. The number of urea groups is 1. The lowest BCUT2D eigenvalue weighted by Crippen LogP contribution is -2.64. The summed E-state index contributed by atoms with van der Waals surface area (Å²) in [4.78, 5) is 20.6. The number of carbonyl (C=O) groups is 1. The number of nitrogens with one attached hydrogen (secondary N) is 1. The zero-order valence-corrected chi connectivity index (χ0v) is 23.9. The fourth-order valence-corrected chi connectivity index (χ4v) is 6.88. The Labute approximate surface area is 241 Å². The molecule has 0 saturated carbocycles. The zero-order chi connectivity index (χ0) is 30.2. The summed E-state index contributed by atoms with van der Waals surface area (Å²) in [5.74, 6) is 0. The van der Waals surface area contributed by atoms with E-state index in [1.165, 1.54) is 35.0 Å². The summed E-state index contributed by atoms with van der Waals surface area (Å²) in [6.45, 7) is 3.97. The number of aliphatic imine (C=N–C) groups is 1. The Morgan fingerprint density at radius 3 is 2.50 bits per heavy atom. The highest BCUT2D eigenvalue weighted by Gasteiger charge is 2.42. The van der Waals surface area contributed by atoms with E-state index in [1.54, 1.807) is 0 Å². The Kier molecular flexibility index (Phi) is 8.37. The van der Waals surface area contributed by atoms with Gasteiger partial charge in [-0.05, 0) is 18.9 Å². The van der Waals surface area contributed by atoms with Gasteiger partial charge in [-0.2, -0.15) is 9.82 Å². The van der Waals surface area contributed by atoms with E-state index in [4.69, 9.17) is 4.74 Å². The minimum Gasteiger partial charge on any atom is -0.377 e.